The molecule has 1 heterocycles. The molecule has 1 fully saturated rings. The molecule has 0 aromatic carbocycles. The predicted octanol–water partition coefficient (Wildman–Crippen LogP) is 1.32. The molecule has 0 radical (unpaired) electrons. The summed E-state index contributed by atoms with van der Waals surface area (Å²) < 4.78 is 5.04. The minimum Gasteiger partial charge on any atom is -0.423 e. The van der Waals surface area contributed by atoms with E-state index in [2.05, 4.69) is 13.0 Å². The number of allylic oxidation sites excluding steroid dienone is 2. The third-order valence-corrected chi connectivity index (χ3v) is 1.80. The lowest BCUT2D eigenvalue weighted by molar-refractivity contribution is 0.316. The summed E-state index contributed by atoms with van der Waals surface area (Å²) in [6.45, 7) is 4.54. The monoisotopic (exact) mass is 152 g/mol. The second kappa shape index (κ2) is 3.74. The van der Waals surface area contributed by atoms with Gasteiger partial charge in [-0.25, -0.2) is 0 Å². The van der Waals surface area contributed by atoms with E-state index in [0.717, 1.165) is 17.5 Å². The van der Waals surface area contributed by atoms with E-state index >= 15 is 0 Å². The van der Waals surface area contributed by atoms with Gasteiger partial charge in [0.25, 0.3) is 0 Å². The van der Waals surface area contributed by atoms with Crippen LogP contribution in [0.3, 0.4) is 0 Å². The first kappa shape index (κ1) is 8.56. The zero-order chi connectivity index (χ0) is 8.27. The van der Waals surface area contributed by atoms with Crippen LogP contribution >= 0.6 is 0 Å². The van der Waals surface area contributed by atoms with E-state index in [1.807, 2.05) is 13.0 Å². The molecule has 2 nitrogen and oxygen atoms in total. The Morgan fingerprint density at radius 3 is 3.00 bits per heavy atom. The summed E-state index contributed by atoms with van der Waals surface area (Å²) in [4.78, 5) is 0. The molecule has 1 N–H and O–H groups in total. The number of hydrogen-bond acceptors (Lipinski definition) is 2. The Labute approximate surface area is 67.7 Å². The topological polar surface area (TPSA) is 29.5 Å². The van der Waals surface area contributed by atoms with Crippen LogP contribution in [0.15, 0.2) is 23.2 Å². The molecular formula is C8H13BO2. The first-order valence-electron chi connectivity index (χ1n) is 3.94. The van der Waals surface area contributed by atoms with Crippen molar-refractivity contribution in [2.45, 2.75) is 20.3 Å². The van der Waals surface area contributed by atoms with Gasteiger partial charge in [-0.15, -0.1) is 0 Å². The summed E-state index contributed by atoms with van der Waals surface area (Å²) in [5.41, 5.74) is 2.05. The second-order valence-electron chi connectivity index (χ2n) is 2.54. The van der Waals surface area contributed by atoms with Crippen LogP contribution in [0, 0.1) is 0 Å². The minimum atomic E-state index is -0.696. The molecule has 0 bridgehead atoms. The zero-order valence-electron chi connectivity index (χ0n) is 7.00. The Balaban J connectivity index is 2.78. The molecule has 3 heteroatoms. The molecule has 60 valence electrons. The van der Waals surface area contributed by atoms with Crippen molar-refractivity contribution in [2.75, 3.05) is 6.61 Å². The van der Waals surface area contributed by atoms with E-state index in [1.165, 1.54) is 0 Å². The summed E-state index contributed by atoms with van der Waals surface area (Å²) in [7, 11) is -0.696. The quantitative estimate of drug-likeness (QED) is 0.574. The second-order valence-corrected chi connectivity index (χ2v) is 2.54. The van der Waals surface area contributed by atoms with Crippen LogP contribution in [0.25, 0.3) is 0 Å². The van der Waals surface area contributed by atoms with E-state index in [1.54, 1.807) is 0 Å². The Morgan fingerprint density at radius 1 is 1.73 bits per heavy atom. The lowest BCUT2D eigenvalue weighted by Crippen LogP contribution is -2.12. The van der Waals surface area contributed by atoms with Crippen LogP contribution in [-0.2, 0) is 4.65 Å². The third kappa shape index (κ3) is 1.73. The molecule has 11 heavy (non-hydrogen) atoms. The van der Waals surface area contributed by atoms with E-state index in [9.17, 15) is 5.02 Å². The SMILES string of the molecule is C/C=C1/B(O)OC/C1=C/CC. The molecule has 0 unspecified atom stereocenters. The maximum atomic E-state index is 9.25. The highest BCUT2D eigenvalue weighted by Gasteiger charge is 2.28. The zero-order valence-corrected chi connectivity index (χ0v) is 7.00. The van der Waals surface area contributed by atoms with Gasteiger partial charge in [-0.3, -0.25) is 0 Å². The Hall–Kier alpha value is -0.535. The van der Waals surface area contributed by atoms with Crippen molar-refractivity contribution in [1.29, 1.82) is 0 Å². The van der Waals surface area contributed by atoms with Gasteiger partial charge in [-0.1, -0.05) is 19.1 Å². The lowest BCUT2D eigenvalue weighted by atomic mass is 9.77. The smallest absolute Gasteiger partial charge is 0.423 e. The summed E-state index contributed by atoms with van der Waals surface area (Å²) in [6.07, 6.45) is 4.98. The maximum absolute atomic E-state index is 9.25. The van der Waals surface area contributed by atoms with E-state index in [0.29, 0.717) is 6.61 Å². The summed E-state index contributed by atoms with van der Waals surface area (Å²) in [5.74, 6) is 0. The van der Waals surface area contributed by atoms with Crippen LogP contribution in [-0.4, -0.2) is 18.7 Å². The van der Waals surface area contributed by atoms with Gasteiger partial charge in [-0.2, -0.15) is 0 Å². The van der Waals surface area contributed by atoms with Crippen LogP contribution in [0.4, 0.5) is 0 Å². The highest BCUT2D eigenvalue weighted by molar-refractivity contribution is 6.55. The largest absolute Gasteiger partial charge is 0.491 e. The van der Waals surface area contributed by atoms with Crippen molar-refractivity contribution < 1.29 is 9.68 Å². The van der Waals surface area contributed by atoms with Gasteiger partial charge in [0.05, 0.1) is 6.61 Å². The molecule has 1 aliphatic heterocycles. The molecule has 1 aliphatic rings. The van der Waals surface area contributed by atoms with E-state index < -0.39 is 7.12 Å². The number of hydrogen-bond donors (Lipinski definition) is 1. The summed E-state index contributed by atoms with van der Waals surface area (Å²) in [6, 6.07) is 0. The molecule has 0 spiro atoms. The third-order valence-electron chi connectivity index (χ3n) is 1.80. The van der Waals surface area contributed by atoms with Crippen molar-refractivity contribution >= 4 is 7.12 Å². The van der Waals surface area contributed by atoms with Gasteiger partial charge in [0.15, 0.2) is 0 Å². The lowest BCUT2D eigenvalue weighted by Gasteiger charge is -1.96. The average Bonchev–Trinajstić information content (AvgIpc) is 2.33. The molecular weight excluding hydrogens is 139 g/mol. The maximum Gasteiger partial charge on any atom is 0.491 e. The predicted molar refractivity (Wildman–Crippen MR) is 46.1 cm³/mol. The van der Waals surface area contributed by atoms with Crippen molar-refractivity contribution in [3.63, 3.8) is 0 Å². The first-order valence-corrected chi connectivity index (χ1v) is 3.94. The highest BCUT2D eigenvalue weighted by Crippen LogP contribution is 2.21. The Bertz CT molecular complexity index is 196. The van der Waals surface area contributed by atoms with Gasteiger partial charge in [0.1, 0.15) is 0 Å². The molecule has 0 aliphatic carbocycles. The molecule has 0 aromatic rings. The fourth-order valence-electron chi connectivity index (χ4n) is 1.25. The molecule has 0 aromatic heterocycles. The first-order chi connectivity index (χ1) is 5.29. The van der Waals surface area contributed by atoms with Gasteiger partial charge in [0.2, 0.25) is 0 Å². The molecule has 1 saturated heterocycles. The van der Waals surface area contributed by atoms with Crippen molar-refractivity contribution in [1.82, 2.24) is 0 Å². The molecule has 1 rings (SSSR count). The van der Waals surface area contributed by atoms with Gasteiger partial charge < -0.3 is 9.68 Å². The minimum absolute atomic E-state index is 0.550. The number of rotatable bonds is 1. The van der Waals surface area contributed by atoms with Crippen molar-refractivity contribution in [3.05, 3.63) is 23.2 Å². The highest BCUT2D eigenvalue weighted by atomic mass is 16.5. The van der Waals surface area contributed by atoms with Gasteiger partial charge >= 0.3 is 7.12 Å². The summed E-state index contributed by atoms with van der Waals surface area (Å²) >= 11 is 0. The molecule has 0 saturated carbocycles. The molecule has 0 atom stereocenters. The fourth-order valence-corrected chi connectivity index (χ4v) is 1.25. The van der Waals surface area contributed by atoms with E-state index in [4.69, 9.17) is 4.65 Å². The van der Waals surface area contributed by atoms with Gasteiger partial charge in [-0.05, 0) is 24.4 Å². The van der Waals surface area contributed by atoms with Crippen LogP contribution in [0.5, 0.6) is 0 Å². The average molecular weight is 152 g/mol. The fraction of sp³-hybridized carbons (Fsp3) is 0.500. The molecule has 0 amide bonds. The Kier molecular flexibility index (Phi) is 2.91. The summed E-state index contributed by atoms with van der Waals surface area (Å²) in [5, 5.41) is 9.25. The van der Waals surface area contributed by atoms with Crippen LogP contribution in [0.1, 0.15) is 20.3 Å². The van der Waals surface area contributed by atoms with Crippen LogP contribution in [0.2, 0.25) is 0 Å². The van der Waals surface area contributed by atoms with E-state index in [-0.39, 0.29) is 0 Å². The Morgan fingerprint density at radius 2 is 2.45 bits per heavy atom. The van der Waals surface area contributed by atoms with Crippen LogP contribution < -0.4 is 0 Å². The normalized spacial score (nSPS) is 25.5. The van der Waals surface area contributed by atoms with Crippen molar-refractivity contribution in [3.8, 4) is 0 Å². The van der Waals surface area contributed by atoms with Gasteiger partial charge in [0, 0.05) is 0 Å². The standard InChI is InChI=1S/C8H13BO2/c1-3-5-7-6-11-9(10)8(7)4-2/h4-5,10H,3,6H2,1-2H3/b7-5-,8-4+. The van der Waals surface area contributed by atoms with Crippen molar-refractivity contribution in [2.24, 2.45) is 0 Å².